The first-order valence-electron chi connectivity index (χ1n) is 10.9. The van der Waals surface area contributed by atoms with Gasteiger partial charge < -0.3 is 15.0 Å². The minimum absolute atomic E-state index is 0.224. The van der Waals surface area contributed by atoms with Gasteiger partial charge >= 0.3 is 0 Å². The van der Waals surface area contributed by atoms with E-state index in [1.807, 2.05) is 61.2 Å². The second-order valence-electron chi connectivity index (χ2n) is 8.56. The highest BCUT2D eigenvalue weighted by Gasteiger charge is 2.41. The molecule has 0 saturated heterocycles. The lowest BCUT2D eigenvalue weighted by molar-refractivity contribution is 0.223. The first kappa shape index (κ1) is 21.1. The number of ether oxygens (including phenoxy) is 1. The van der Waals surface area contributed by atoms with Crippen LogP contribution in [0.25, 0.3) is 5.70 Å². The Morgan fingerprint density at radius 3 is 2.35 bits per heavy atom. The first-order chi connectivity index (χ1) is 16.5. The number of hydrogen-bond donors (Lipinski definition) is 1. The van der Waals surface area contributed by atoms with Crippen molar-refractivity contribution in [2.24, 2.45) is 0 Å². The first-order valence-corrected chi connectivity index (χ1v) is 11.6. The van der Waals surface area contributed by atoms with Crippen LogP contribution in [0.3, 0.4) is 0 Å². The lowest BCUT2D eigenvalue weighted by Gasteiger charge is -2.39. The van der Waals surface area contributed by atoms with E-state index in [-0.39, 0.29) is 12.1 Å². The van der Waals surface area contributed by atoms with Crippen LogP contribution < -0.4 is 15.0 Å². The average molecular weight is 490 g/mol. The van der Waals surface area contributed by atoms with Crippen molar-refractivity contribution in [1.82, 2.24) is 14.8 Å². The zero-order chi connectivity index (χ0) is 23.4. The van der Waals surface area contributed by atoms with Crippen molar-refractivity contribution in [2.45, 2.75) is 12.1 Å². The fraction of sp³-hybridized carbons (Fsp3) is 0.154. The molecule has 6 rings (SSSR count). The number of hydrogen-bond acceptors (Lipinski definition) is 5. The topological polar surface area (TPSA) is 55.2 Å². The largest absolute Gasteiger partial charge is 0.480 e. The number of fused-ring (bicyclic) bond motifs is 3. The molecule has 8 heteroatoms. The van der Waals surface area contributed by atoms with E-state index in [4.69, 9.17) is 27.9 Å². The summed E-state index contributed by atoms with van der Waals surface area (Å²) in [5.41, 5.74) is 6.07. The van der Waals surface area contributed by atoms with Gasteiger partial charge in [-0.3, -0.25) is 0 Å². The van der Waals surface area contributed by atoms with E-state index in [2.05, 4.69) is 44.6 Å². The maximum absolute atomic E-state index is 6.62. The predicted molar refractivity (Wildman–Crippen MR) is 136 cm³/mol. The third-order valence-corrected chi connectivity index (χ3v) is 6.76. The van der Waals surface area contributed by atoms with Crippen LogP contribution in [0.1, 0.15) is 28.8 Å². The van der Waals surface area contributed by atoms with Crippen molar-refractivity contribution in [3.63, 3.8) is 0 Å². The average Bonchev–Trinajstić information content (AvgIpc) is 3.31. The van der Waals surface area contributed by atoms with Crippen molar-refractivity contribution in [3.8, 4) is 5.75 Å². The molecule has 0 unspecified atom stereocenters. The fourth-order valence-corrected chi connectivity index (χ4v) is 4.93. The number of benzene rings is 3. The smallest absolute Gasteiger partial charge is 0.226 e. The van der Waals surface area contributed by atoms with E-state index in [1.54, 1.807) is 6.33 Å². The summed E-state index contributed by atoms with van der Waals surface area (Å²) >= 11 is 12.6. The molecule has 0 saturated carbocycles. The molecule has 3 aromatic carbocycles. The monoisotopic (exact) mass is 489 g/mol. The van der Waals surface area contributed by atoms with E-state index in [1.165, 1.54) is 0 Å². The third-order valence-electron chi connectivity index (χ3n) is 6.27. The van der Waals surface area contributed by atoms with Gasteiger partial charge in [-0.15, -0.1) is 0 Å². The zero-order valence-corrected chi connectivity index (χ0v) is 20.0. The Morgan fingerprint density at radius 2 is 1.62 bits per heavy atom. The SMILES string of the molecule is CN(C)c1ccc([C@@H]2C3=C(Nc4ncnn42)c2cc(Cl)ccc2O[C@@H]3c2ccc(Cl)cc2)cc1. The van der Waals surface area contributed by atoms with E-state index in [0.717, 1.165) is 39.4 Å². The maximum atomic E-state index is 6.62. The number of nitrogens with zero attached hydrogens (tertiary/aromatic N) is 4. The van der Waals surface area contributed by atoms with Crippen molar-refractivity contribution in [1.29, 1.82) is 0 Å². The van der Waals surface area contributed by atoms with Crippen LogP contribution in [0.15, 0.2) is 78.6 Å². The Morgan fingerprint density at radius 1 is 0.912 bits per heavy atom. The lowest BCUT2D eigenvalue weighted by Crippen LogP contribution is -2.32. The summed E-state index contributed by atoms with van der Waals surface area (Å²) in [6.07, 6.45) is 1.21. The van der Waals surface area contributed by atoms with Crippen LogP contribution in [0.2, 0.25) is 10.0 Å². The van der Waals surface area contributed by atoms with E-state index in [0.29, 0.717) is 16.0 Å². The van der Waals surface area contributed by atoms with Crippen LogP contribution in [-0.4, -0.2) is 28.9 Å². The molecule has 0 amide bonds. The number of nitrogens with one attached hydrogen (secondary N) is 1. The van der Waals surface area contributed by atoms with Crippen LogP contribution >= 0.6 is 23.2 Å². The molecule has 0 radical (unpaired) electrons. The summed E-state index contributed by atoms with van der Waals surface area (Å²) < 4.78 is 8.53. The fourth-order valence-electron chi connectivity index (χ4n) is 4.63. The van der Waals surface area contributed by atoms with Gasteiger partial charge in [0.1, 0.15) is 24.2 Å². The number of anilines is 2. The summed E-state index contributed by atoms with van der Waals surface area (Å²) in [5.74, 6) is 1.42. The standard InChI is InChI=1S/C26H21Cl2N5O/c1-32(2)19-10-5-15(6-11-19)24-22-23(31-26-29-14-30-33(24)26)20-13-18(28)9-12-21(20)34-25(22)16-3-7-17(27)8-4-16/h3-14,24-25H,1-2H3,(H,29,30,31)/t24-,25-/m1/s1. The molecule has 170 valence electrons. The van der Waals surface area contributed by atoms with Crippen LogP contribution in [-0.2, 0) is 0 Å². The molecular formula is C26H21Cl2N5O. The molecule has 2 atom stereocenters. The molecule has 0 spiro atoms. The van der Waals surface area contributed by atoms with Gasteiger partial charge in [-0.2, -0.15) is 10.1 Å². The van der Waals surface area contributed by atoms with Gasteiger partial charge in [0.15, 0.2) is 0 Å². The van der Waals surface area contributed by atoms with Gasteiger partial charge in [-0.1, -0.05) is 47.5 Å². The minimum Gasteiger partial charge on any atom is -0.480 e. The van der Waals surface area contributed by atoms with Gasteiger partial charge in [0, 0.05) is 41.0 Å². The normalized spacial score (nSPS) is 18.4. The van der Waals surface area contributed by atoms with E-state index in [9.17, 15) is 0 Å². The third kappa shape index (κ3) is 3.42. The highest BCUT2D eigenvalue weighted by atomic mass is 35.5. The Labute approximate surface area is 207 Å². The van der Waals surface area contributed by atoms with Crippen LogP contribution in [0.5, 0.6) is 5.75 Å². The predicted octanol–water partition coefficient (Wildman–Crippen LogP) is 6.21. The summed E-state index contributed by atoms with van der Waals surface area (Å²) in [4.78, 5) is 6.56. The number of halogens is 2. The molecule has 2 aliphatic heterocycles. The lowest BCUT2D eigenvalue weighted by atomic mass is 9.84. The van der Waals surface area contributed by atoms with Crippen molar-refractivity contribution in [2.75, 3.05) is 24.3 Å². The summed E-state index contributed by atoms with van der Waals surface area (Å²) in [5, 5.41) is 9.39. The maximum Gasteiger partial charge on any atom is 0.226 e. The van der Waals surface area contributed by atoms with Crippen LogP contribution in [0.4, 0.5) is 11.6 Å². The van der Waals surface area contributed by atoms with Gasteiger partial charge in [0.05, 0.1) is 5.70 Å². The van der Waals surface area contributed by atoms with E-state index < -0.39 is 0 Å². The molecule has 4 aromatic rings. The molecule has 1 N–H and O–H groups in total. The molecule has 0 aliphatic carbocycles. The summed E-state index contributed by atoms with van der Waals surface area (Å²) in [7, 11) is 4.06. The molecule has 0 fully saturated rings. The Balaban J connectivity index is 1.60. The molecule has 6 nitrogen and oxygen atoms in total. The highest BCUT2D eigenvalue weighted by Crippen LogP contribution is 2.51. The summed E-state index contributed by atoms with van der Waals surface area (Å²) in [6, 6.07) is 21.7. The Hall–Kier alpha value is -3.48. The number of rotatable bonds is 3. The second kappa shape index (κ2) is 8.08. The Kier molecular flexibility index (Phi) is 5.01. The second-order valence-corrected chi connectivity index (χ2v) is 9.43. The molecule has 1 aromatic heterocycles. The van der Waals surface area contributed by atoms with Crippen molar-refractivity contribution < 1.29 is 4.74 Å². The molecule has 34 heavy (non-hydrogen) atoms. The highest BCUT2D eigenvalue weighted by molar-refractivity contribution is 6.31. The quantitative estimate of drug-likeness (QED) is 0.370. The Bertz CT molecular complexity index is 1410. The molecular weight excluding hydrogens is 469 g/mol. The molecule has 3 heterocycles. The minimum atomic E-state index is -0.357. The van der Waals surface area contributed by atoms with Gasteiger partial charge in [0.2, 0.25) is 5.95 Å². The zero-order valence-electron chi connectivity index (χ0n) is 18.5. The summed E-state index contributed by atoms with van der Waals surface area (Å²) in [6.45, 7) is 0. The molecule has 2 aliphatic rings. The van der Waals surface area contributed by atoms with Gasteiger partial charge in [-0.25, -0.2) is 4.68 Å². The van der Waals surface area contributed by atoms with Crippen LogP contribution in [0, 0.1) is 0 Å². The van der Waals surface area contributed by atoms with E-state index >= 15 is 0 Å². The number of aromatic nitrogens is 3. The molecule has 0 bridgehead atoms. The van der Waals surface area contributed by atoms with Gasteiger partial charge in [0.25, 0.3) is 0 Å². The van der Waals surface area contributed by atoms with Crippen molar-refractivity contribution in [3.05, 3.63) is 105 Å². The van der Waals surface area contributed by atoms with Crippen molar-refractivity contribution >= 4 is 40.5 Å². The van der Waals surface area contributed by atoms with Gasteiger partial charge in [-0.05, 0) is 53.6 Å².